The van der Waals surface area contributed by atoms with Gasteiger partial charge in [-0.1, -0.05) is 42.5 Å². The van der Waals surface area contributed by atoms with Crippen LogP contribution in [-0.2, 0) is 13.0 Å². The number of para-hydroxylation sites is 1. The molecule has 24 heavy (non-hydrogen) atoms. The van der Waals surface area contributed by atoms with Gasteiger partial charge in [0.15, 0.2) is 0 Å². The van der Waals surface area contributed by atoms with Crippen LogP contribution >= 0.6 is 0 Å². The highest BCUT2D eigenvalue weighted by molar-refractivity contribution is 5.34. The fraction of sp³-hybridized carbons (Fsp3) is 0.300. The van der Waals surface area contributed by atoms with Gasteiger partial charge in [0.1, 0.15) is 11.5 Å². The Hall–Kier alpha value is -2.62. The van der Waals surface area contributed by atoms with Crippen LogP contribution in [0, 0.1) is 0 Å². The second-order valence-electron chi connectivity index (χ2n) is 5.86. The number of hydrogen-bond donors (Lipinski definition) is 0. The predicted octanol–water partition coefficient (Wildman–Crippen LogP) is 4.83. The van der Waals surface area contributed by atoms with Crippen molar-refractivity contribution in [2.24, 2.45) is 0 Å². The van der Waals surface area contributed by atoms with Gasteiger partial charge in [0.05, 0.1) is 5.69 Å². The Morgan fingerprint density at radius 3 is 2.29 bits per heavy atom. The van der Waals surface area contributed by atoms with Crippen LogP contribution in [0.1, 0.15) is 37.4 Å². The molecule has 3 rings (SSSR count). The van der Waals surface area contributed by atoms with Gasteiger partial charge in [-0.25, -0.2) is 0 Å². The molecule has 0 spiro atoms. The molecule has 1 unspecified atom stereocenters. The Bertz CT molecular complexity index is 750. The number of aromatic nitrogens is 3. The topological polar surface area (TPSA) is 39.9 Å². The van der Waals surface area contributed by atoms with Crippen molar-refractivity contribution in [1.82, 2.24) is 15.0 Å². The minimum absolute atomic E-state index is 0.442. The summed E-state index contributed by atoms with van der Waals surface area (Å²) in [4.78, 5) is 0. The largest absolute Gasteiger partial charge is 0.457 e. The summed E-state index contributed by atoms with van der Waals surface area (Å²) in [6, 6.07) is 18.2. The van der Waals surface area contributed by atoms with Crippen LogP contribution in [0.15, 0.2) is 60.8 Å². The summed E-state index contributed by atoms with van der Waals surface area (Å²) in [6.45, 7) is 5.14. The molecule has 4 nitrogen and oxygen atoms in total. The molecule has 0 aliphatic heterocycles. The van der Waals surface area contributed by atoms with Crippen molar-refractivity contribution in [3.8, 4) is 11.5 Å². The number of benzene rings is 2. The lowest BCUT2D eigenvalue weighted by atomic mass is 9.92. The molecule has 1 aromatic heterocycles. The SMILES string of the molecule is CCC(Cc1cn(CC)nn1)c1ccc(Oc2ccccc2)cc1. The van der Waals surface area contributed by atoms with Gasteiger partial charge in [-0.2, -0.15) is 0 Å². The van der Waals surface area contributed by atoms with Gasteiger partial charge >= 0.3 is 0 Å². The molecule has 0 bridgehead atoms. The van der Waals surface area contributed by atoms with Gasteiger partial charge in [-0.05, 0) is 55.5 Å². The Labute approximate surface area is 143 Å². The zero-order valence-electron chi connectivity index (χ0n) is 14.2. The summed E-state index contributed by atoms with van der Waals surface area (Å²) in [5, 5.41) is 8.39. The average Bonchev–Trinajstić information content (AvgIpc) is 3.09. The van der Waals surface area contributed by atoms with E-state index in [0.29, 0.717) is 5.92 Å². The lowest BCUT2D eigenvalue weighted by molar-refractivity contribution is 0.482. The zero-order chi connectivity index (χ0) is 16.8. The van der Waals surface area contributed by atoms with Crippen LogP contribution in [0.4, 0.5) is 0 Å². The molecule has 0 saturated heterocycles. The zero-order valence-corrected chi connectivity index (χ0v) is 14.2. The maximum absolute atomic E-state index is 5.86. The predicted molar refractivity (Wildman–Crippen MR) is 95.4 cm³/mol. The van der Waals surface area contributed by atoms with E-state index in [2.05, 4.69) is 36.3 Å². The van der Waals surface area contributed by atoms with E-state index >= 15 is 0 Å². The lowest BCUT2D eigenvalue weighted by Crippen LogP contribution is -2.02. The van der Waals surface area contributed by atoms with Gasteiger partial charge in [0.2, 0.25) is 0 Å². The fourth-order valence-electron chi connectivity index (χ4n) is 2.77. The third kappa shape index (κ3) is 4.02. The van der Waals surface area contributed by atoms with Crippen LogP contribution in [0.5, 0.6) is 11.5 Å². The summed E-state index contributed by atoms with van der Waals surface area (Å²) in [5.74, 6) is 2.16. The molecule has 2 aromatic carbocycles. The van der Waals surface area contributed by atoms with E-state index in [0.717, 1.165) is 36.6 Å². The van der Waals surface area contributed by atoms with Gasteiger partial charge < -0.3 is 4.74 Å². The van der Waals surface area contributed by atoms with Crippen molar-refractivity contribution in [2.75, 3.05) is 0 Å². The molecule has 0 fully saturated rings. The van der Waals surface area contributed by atoms with E-state index in [1.807, 2.05) is 53.3 Å². The average molecular weight is 321 g/mol. The summed E-state index contributed by atoms with van der Waals surface area (Å²) in [5.41, 5.74) is 2.36. The standard InChI is InChI=1S/C20H23N3O/c1-3-16(14-18-15-23(4-2)22-21-18)17-10-12-20(13-11-17)24-19-8-6-5-7-9-19/h5-13,15-16H,3-4,14H2,1-2H3. The lowest BCUT2D eigenvalue weighted by Gasteiger charge is -2.14. The Morgan fingerprint density at radius 2 is 1.67 bits per heavy atom. The van der Waals surface area contributed by atoms with E-state index in [1.165, 1.54) is 5.56 Å². The minimum Gasteiger partial charge on any atom is -0.457 e. The number of hydrogen-bond acceptors (Lipinski definition) is 3. The van der Waals surface area contributed by atoms with Crippen LogP contribution in [0.3, 0.4) is 0 Å². The quantitative estimate of drug-likeness (QED) is 0.626. The van der Waals surface area contributed by atoms with Crippen molar-refractivity contribution >= 4 is 0 Å². The van der Waals surface area contributed by atoms with Crippen molar-refractivity contribution in [2.45, 2.75) is 39.2 Å². The molecule has 0 aliphatic rings. The normalized spacial score (nSPS) is 12.1. The molecule has 0 saturated carbocycles. The second-order valence-corrected chi connectivity index (χ2v) is 5.86. The second kappa shape index (κ2) is 7.77. The first kappa shape index (κ1) is 16.2. The van der Waals surface area contributed by atoms with E-state index in [-0.39, 0.29) is 0 Å². The molecular formula is C20H23N3O. The number of nitrogens with zero attached hydrogens (tertiary/aromatic N) is 3. The summed E-state index contributed by atoms with van der Waals surface area (Å²) in [6.07, 6.45) is 4.02. The van der Waals surface area contributed by atoms with Crippen molar-refractivity contribution in [3.63, 3.8) is 0 Å². The molecule has 1 atom stereocenters. The molecule has 124 valence electrons. The fourth-order valence-corrected chi connectivity index (χ4v) is 2.77. The Balaban J connectivity index is 1.68. The summed E-state index contributed by atoms with van der Waals surface area (Å²) in [7, 11) is 0. The summed E-state index contributed by atoms with van der Waals surface area (Å²) < 4.78 is 7.73. The van der Waals surface area contributed by atoms with E-state index in [1.54, 1.807) is 0 Å². The van der Waals surface area contributed by atoms with Crippen molar-refractivity contribution in [3.05, 3.63) is 72.1 Å². The first-order valence-electron chi connectivity index (χ1n) is 8.50. The maximum Gasteiger partial charge on any atom is 0.127 e. The number of ether oxygens (including phenoxy) is 1. The molecule has 0 radical (unpaired) electrons. The smallest absolute Gasteiger partial charge is 0.127 e. The minimum atomic E-state index is 0.442. The summed E-state index contributed by atoms with van der Waals surface area (Å²) >= 11 is 0. The van der Waals surface area contributed by atoms with E-state index < -0.39 is 0 Å². The van der Waals surface area contributed by atoms with Gasteiger partial charge in [0, 0.05) is 12.7 Å². The Kier molecular flexibility index (Phi) is 5.26. The van der Waals surface area contributed by atoms with E-state index in [4.69, 9.17) is 4.74 Å². The van der Waals surface area contributed by atoms with Gasteiger partial charge in [-0.15, -0.1) is 5.10 Å². The molecule has 4 heteroatoms. The van der Waals surface area contributed by atoms with Gasteiger partial charge in [0.25, 0.3) is 0 Å². The third-order valence-electron chi connectivity index (χ3n) is 4.19. The van der Waals surface area contributed by atoms with Crippen LogP contribution < -0.4 is 4.74 Å². The van der Waals surface area contributed by atoms with E-state index in [9.17, 15) is 0 Å². The molecule has 0 amide bonds. The molecule has 0 aliphatic carbocycles. The van der Waals surface area contributed by atoms with Gasteiger partial charge in [-0.3, -0.25) is 4.68 Å². The third-order valence-corrected chi connectivity index (χ3v) is 4.19. The first-order chi connectivity index (χ1) is 11.8. The molecule has 0 N–H and O–H groups in total. The van der Waals surface area contributed by atoms with Crippen molar-refractivity contribution in [1.29, 1.82) is 0 Å². The number of aryl methyl sites for hydroxylation is 1. The highest BCUT2D eigenvalue weighted by Gasteiger charge is 2.13. The first-order valence-corrected chi connectivity index (χ1v) is 8.50. The monoisotopic (exact) mass is 321 g/mol. The Morgan fingerprint density at radius 1 is 0.958 bits per heavy atom. The van der Waals surface area contributed by atoms with Crippen LogP contribution in [0.25, 0.3) is 0 Å². The molecular weight excluding hydrogens is 298 g/mol. The molecule has 3 aromatic rings. The highest BCUT2D eigenvalue weighted by atomic mass is 16.5. The molecule has 1 heterocycles. The highest BCUT2D eigenvalue weighted by Crippen LogP contribution is 2.27. The number of rotatable bonds is 7. The maximum atomic E-state index is 5.86. The van der Waals surface area contributed by atoms with Crippen LogP contribution in [-0.4, -0.2) is 15.0 Å². The van der Waals surface area contributed by atoms with Crippen LogP contribution in [0.2, 0.25) is 0 Å². The van der Waals surface area contributed by atoms with Crippen molar-refractivity contribution < 1.29 is 4.74 Å².